The summed E-state index contributed by atoms with van der Waals surface area (Å²) in [5.41, 5.74) is -2.14. The normalized spacial score (nSPS) is 13.0. The van der Waals surface area contributed by atoms with Gasteiger partial charge in [0.1, 0.15) is 11.5 Å². The van der Waals surface area contributed by atoms with Crippen LogP contribution in [-0.2, 0) is 11.8 Å². The van der Waals surface area contributed by atoms with E-state index in [1.54, 1.807) is 44.2 Å². The molecule has 0 aliphatic carbocycles. The molecule has 1 unspecified atom stereocenters. The van der Waals surface area contributed by atoms with E-state index >= 15 is 0 Å². The van der Waals surface area contributed by atoms with E-state index < -0.39 is 5.69 Å². The van der Waals surface area contributed by atoms with Gasteiger partial charge in [-0.3, -0.25) is 0 Å². The van der Waals surface area contributed by atoms with Crippen molar-refractivity contribution in [3.8, 4) is 17.2 Å². The van der Waals surface area contributed by atoms with Gasteiger partial charge < -0.3 is 19.6 Å². The van der Waals surface area contributed by atoms with Gasteiger partial charge in [-0.2, -0.15) is 0 Å². The van der Waals surface area contributed by atoms with Crippen molar-refractivity contribution in [1.29, 1.82) is 0 Å². The standard InChI is InChI=1S/C14H15O4PS2.Na/c1-9-5-3-7-11(13(9)15)18-19(17,20)21-12-8-4-6-10(2)14(12)16;/h3-8,15-16H,1-2H3,(H,17,20);/q;+1/p-1. The summed E-state index contributed by atoms with van der Waals surface area (Å²) in [5.74, 6) is -0.212. The number of aromatic hydroxyl groups is 1. The van der Waals surface area contributed by atoms with E-state index in [2.05, 4.69) is 0 Å². The summed E-state index contributed by atoms with van der Waals surface area (Å²) in [6, 6.07) is 9.94. The van der Waals surface area contributed by atoms with Crippen molar-refractivity contribution in [2.75, 3.05) is 0 Å². The molecular formula is C14H14NaO4PS2. The monoisotopic (exact) mass is 364 g/mol. The number of benzene rings is 2. The van der Waals surface area contributed by atoms with Crippen molar-refractivity contribution in [2.45, 2.75) is 18.7 Å². The van der Waals surface area contributed by atoms with Crippen LogP contribution in [0, 0.1) is 13.8 Å². The molecule has 0 aliphatic heterocycles. The molecule has 0 saturated heterocycles. The molecule has 0 fully saturated rings. The molecule has 112 valence electrons. The Balaban J connectivity index is 0.00000242. The molecule has 0 amide bonds. The van der Waals surface area contributed by atoms with Crippen LogP contribution in [-0.4, -0.2) is 10.00 Å². The van der Waals surface area contributed by atoms with Crippen LogP contribution in [0.2, 0.25) is 0 Å². The molecule has 22 heavy (non-hydrogen) atoms. The van der Waals surface area contributed by atoms with E-state index in [1.165, 1.54) is 6.07 Å². The van der Waals surface area contributed by atoms with Crippen LogP contribution in [0.15, 0.2) is 41.3 Å². The van der Waals surface area contributed by atoms with Gasteiger partial charge in [-0.15, -0.1) is 0 Å². The number of aryl methyl sites for hydroxylation is 2. The second-order valence-electron chi connectivity index (χ2n) is 4.47. The summed E-state index contributed by atoms with van der Waals surface area (Å²) in [6.45, 7) is 3.41. The summed E-state index contributed by atoms with van der Waals surface area (Å²) in [7, 11) is 0. The summed E-state index contributed by atoms with van der Waals surface area (Å²) in [4.78, 5) is 10.7. The minimum atomic E-state index is -3.34. The maximum atomic E-state index is 11.9. The first-order valence-electron chi connectivity index (χ1n) is 6.07. The van der Waals surface area contributed by atoms with Gasteiger partial charge in [0.25, 0.3) is 5.69 Å². The molecule has 0 saturated carbocycles. The molecule has 1 atom stereocenters. The smallest absolute Gasteiger partial charge is 0.870 e. The van der Waals surface area contributed by atoms with E-state index in [4.69, 9.17) is 16.3 Å². The number of para-hydroxylation sites is 2. The van der Waals surface area contributed by atoms with Crippen molar-refractivity contribution in [1.82, 2.24) is 0 Å². The quantitative estimate of drug-likeness (QED) is 0.607. The molecule has 0 radical (unpaired) electrons. The predicted molar refractivity (Wildman–Crippen MR) is 86.5 cm³/mol. The Kier molecular flexibility index (Phi) is 7.27. The number of hydrogen-bond acceptors (Lipinski definition) is 5. The first-order valence-corrected chi connectivity index (χ1v) is 10.2. The summed E-state index contributed by atoms with van der Waals surface area (Å²) >= 11 is 5.94. The van der Waals surface area contributed by atoms with Crippen LogP contribution in [0.3, 0.4) is 0 Å². The van der Waals surface area contributed by atoms with Crippen molar-refractivity contribution in [3.05, 3.63) is 47.5 Å². The van der Waals surface area contributed by atoms with Crippen LogP contribution < -0.4 is 39.2 Å². The fraction of sp³-hybridized carbons (Fsp3) is 0.143. The Morgan fingerprint density at radius 3 is 2.41 bits per heavy atom. The average molecular weight is 364 g/mol. The van der Waals surface area contributed by atoms with E-state index in [1.807, 2.05) is 0 Å². The number of phenolic OH excluding ortho intramolecular Hbond substituents is 1. The third-order valence-electron chi connectivity index (χ3n) is 2.80. The Bertz CT molecular complexity index is 666. The fourth-order valence-corrected chi connectivity index (χ4v) is 5.24. The van der Waals surface area contributed by atoms with Crippen LogP contribution in [0.1, 0.15) is 11.1 Å². The average Bonchev–Trinajstić information content (AvgIpc) is 2.40. The Labute approximate surface area is 160 Å². The van der Waals surface area contributed by atoms with E-state index in [0.717, 1.165) is 11.4 Å². The maximum Gasteiger partial charge on any atom is 1.00 e. The Morgan fingerprint density at radius 2 is 1.73 bits per heavy atom. The van der Waals surface area contributed by atoms with Gasteiger partial charge >= 0.3 is 29.6 Å². The zero-order valence-corrected chi connectivity index (χ0v) is 17.0. The predicted octanol–water partition coefficient (Wildman–Crippen LogP) is 0.475. The van der Waals surface area contributed by atoms with Crippen LogP contribution in [0.5, 0.6) is 17.2 Å². The van der Waals surface area contributed by atoms with Crippen molar-refractivity contribution >= 4 is 28.9 Å². The van der Waals surface area contributed by atoms with E-state index in [9.17, 15) is 15.1 Å². The fourth-order valence-electron chi connectivity index (χ4n) is 1.67. The molecular weight excluding hydrogens is 350 g/mol. The van der Waals surface area contributed by atoms with Gasteiger partial charge in [-0.1, -0.05) is 35.6 Å². The van der Waals surface area contributed by atoms with Crippen molar-refractivity contribution in [2.24, 2.45) is 0 Å². The Hall–Kier alpha value is -0.200. The van der Waals surface area contributed by atoms with Gasteiger partial charge in [0, 0.05) is 0 Å². The minimum Gasteiger partial charge on any atom is -0.870 e. The zero-order valence-electron chi connectivity index (χ0n) is 12.4. The first-order chi connectivity index (χ1) is 9.80. The second-order valence-corrected chi connectivity index (χ2v) is 10.4. The van der Waals surface area contributed by atoms with Gasteiger partial charge in [-0.05, 0) is 54.7 Å². The second kappa shape index (κ2) is 8.06. The Morgan fingerprint density at radius 1 is 1.14 bits per heavy atom. The molecule has 2 aromatic rings. The summed E-state index contributed by atoms with van der Waals surface area (Å²) in [5, 5.41) is 21.8. The minimum absolute atomic E-state index is 0. The van der Waals surface area contributed by atoms with Crippen LogP contribution in [0.25, 0.3) is 0 Å². The van der Waals surface area contributed by atoms with E-state index in [-0.39, 0.29) is 46.8 Å². The number of rotatable bonds is 4. The van der Waals surface area contributed by atoms with Gasteiger partial charge in [-0.25, -0.2) is 0 Å². The van der Waals surface area contributed by atoms with Crippen LogP contribution in [0.4, 0.5) is 0 Å². The van der Waals surface area contributed by atoms with Crippen molar-refractivity contribution < 1.29 is 49.2 Å². The maximum absolute atomic E-state index is 11.9. The topological polar surface area (TPSA) is 72.8 Å². The zero-order chi connectivity index (χ0) is 15.6. The number of hydrogen-bond donors (Lipinski definition) is 2. The SMILES string of the molecule is Cc1cccc(OP(O)(=S)Sc2cccc(C)c2O)c1[O-].[Na+]. The molecule has 2 N–H and O–H groups in total. The molecule has 8 heteroatoms. The largest absolute Gasteiger partial charge is 1.00 e. The summed E-state index contributed by atoms with van der Waals surface area (Å²) in [6.07, 6.45) is 0. The van der Waals surface area contributed by atoms with Crippen molar-refractivity contribution in [3.63, 3.8) is 0 Å². The van der Waals surface area contributed by atoms with E-state index in [0.29, 0.717) is 16.0 Å². The van der Waals surface area contributed by atoms with Gasteiger partial charge in [0.2, 0.25) is 0 Å². The molecule has 0 aromatic heterocycles. The molecule has 2 rings (SSSR count). The third-order valence-corrected chi connectivity index (χ3v) is 6.39. The molecule has 0 heterocycles. The number of phenols is 1. The molecule has 4 nitrogen and oxygen atoms in total. The van der Waals surface area contributed by atoms with Crippen LogP contribution >= 0.6 is 17.1 Å². The first kappa shape index (κ1) is 19.8. The molecule has 2 aromatic carbocycles. The van der Waals surface area contributed by atoms with Gasteiger partial charge in [0.15, 0.2) is 0 Å². The van der Waals surface area contributed by atoms with Gasteiger partial charge in [0.05, 0.1) is 4.90 Å². The third kappa shape index (κ3) is 4.90. The molecule has 0 bridgehead atoms. The molecule has 0 aliphatic rings. The summed E-state index contributed by atoms with van der Waals surface area (Å²) < 4.78 is 5.33. The molecule has 0 spiro atoms.